The lowest BCUT2D eigenvalue weighted by Crippen LogP contribution is -2.17. The van der Waals surface area contributed by atoms with Crippen molar-refractivity contribution in [1.82, 2.24) is 19.7 Å². The molecule has 0 spiro atoms. The van der Waals surface area contributed by atoms with Gasteiger partial charge in [-0.2, -0.15) is 5.10 Å². The van der Waals surface area contributed by atoms with E-state index in [2.05, 4.69) is 20.4 Å². The second-order valence-electron chi connectivity index (χ2n) is 5.37. The molecule has 0 bridgehead atoms. The Morgan fingerprint density at radius 1 is 1.27 bits per heavy atom. The third-order valence-corrected chi connectivity index (χ3v) is 3.69. The van der Waals surface area contributed by atoms with Gasteiger partial charge in [-0.3, -0.25) is 10.1 Å². The average molecular weight is 293 g/mol. The Labute approximate surface area is 127 Å². The van der Waals surface area contributed by atoms with Crippen molar-refractivity contribution in [1.29, 1.82) is 0 Å². The fourth-order valence-electron chi connectivity index (χ4n) is 2.41. The Bertz CT molecular complexity index is 787. The van der Waals surface area contributed by atoms with Crippen LogP contribution in [0.1, 0.15) is 34.9 Å². The molecule has 22 heavy (non-hydrogen) atoms. The molecule has 2 N–H and O–H groups in total. The summed E-state index contributed by atoms with van der Waals surface area (Å²) in [6, 6.07) is 11.6. The van der Waals surface area contributed by atoms with Crippen molar-refractivity contribution in [2.24, 2.45) is 0 Å². The molecule has 1 fully saturated rings. The molecule has 0 atom stereocenters. The zero-order chi connectivity index (χ0) is 14.9. The van der Waals surface area contributed by atoms with E-state index >= 15 is 0 Å². The minimum atomic E-state index is -0.224. The fourth-order valence-corrected chi connectivity index (χ4v) is 2.41. The summed E-state index contributed by atoms with van der Waals surface area (Å²) in [4.78, 5) is 19.4. The smallest absolute Gasteiger partial charge is 0.276 e. The average Bonchev–Trinajstić information content (AvgIpc) is 3.10. The van der Waals surface area contributed by atoms with Gasteiger partial charge < -0.3 is 4.98 Å². The van der Waals surface area contributed by atoms with Crippen LogP contribution in [0.5, 0.6) is 0 Å². The third-order valence-electron chi connectivity index (χ3n) is 3.69. The number of hydrogen-bond acceptors (Lipinski definition) is 3. The van der Waals surface area contributed by atoms with Crippen LogP contribution in [0.3, 0.4) is 0 Å². The lowest BCUT2D eigenvalue weighted by molar-refractivity contribution is 0.101. The first-order valence-electron chi connectivity index (χ1n) is 7.27. The van der Waals surface area contributed by atoms with E-state index < -0.39 is 0 Å². The molecular formula is C16H15N5O. The molecule has 2 heterocycles. The molecule has 1 aromatic carbocycles. The zero-order valence-electron chi connectivity index (χ0n) is 11.9. The number of imidazole rings is 1. The van der Waals surface area contributed by atoms with Crippen molar-refractivity contribution in [3.05, 3.63) is 60.2 Å². The van der Waals surface area contributed by atoms with Gasteiger partial charge in [-0.1, -0.05) is 18.2 Å². The monoisotopic (exact) mass is 293 g/mol. The Morgan fingerprint density at radius 3 is 2.77 bits per heavy atom. The molecular weight excluding hydrogens is 278 g/mol. The van der Waals surface area contributed by atoms with Crippen LogP contribution in [-0.4, -0.2) is 25.7 Å². The van der Waals surface area contributed by atoms with Gasteiger partial charge >= 0.3 is 0 Å². The van der Waals surface area contributed by atoms with Gasteiger partial charge in [0.05, 0.1) is 11.4 Å². The molecule has 110 valence electrons. The van der Waals surface area contributed by atoms with Crippen molar-refractivity contribution in [2.75, 3.05) is 5.32 Å². The molecule has 0 saturated heterocycles. The summed E-state index contributed by atoms with van der Waals surface area (Å²) in [7, 11) is 0. The number of carbonyl (C=O) groups excluding carboxylic acids is 1. The molecule has 0 radical (unpaired) electrons. The van der Waals surface area contributed by atoms with Crippen LogP contribution < -0.4 is 5.32 Å². The number of H-pyrrole nitrogens is 1. The minimum Gasteiger partial charge on any atom is -0.331 e. The quantitative estimate of drug-likeness (QED) is 0.776. The molecule has 0 aliphatic heterocycles. The standard InChI is InChI=1S/C16H15N5O/c22-15(19-16-17-8-9-18-16)14-10-13(11-6-7-11)20-21(14)12-4-2-1-3-5-12/h1-5,8-11H,6-7H2,(H2,17,18,19,22). The first-order chi connectivity index (χ1) is 10.8. The van der Waals surface area contributed by atoms with E-state index in [-0.39, 0.29) is 5.91 Å². The Morgan fingerprint density at radius 2 is 2.09 bits per heavy atom. The number of anilines is 1. The van der Waals surface area contributed by atoms with Crippen molar-refractivity contribution in [3.63, 3.8) is 0 Å². The van der Waals surface area contributed by atoms with Crippen LogP contribution in [0.4, 0.5) is 5.95 Å². The molecule has 1 aliphatic rings. The van der Waals surface area contributed by atoms with E-state index in [9.17, 15) is 4.79 Å². The number of benzene rings is 1. The van der Waals surface area contributed by atoms with Crippen LogP contribution in [0.25, 0.3) is 5.69 Å². The normalized spacial score (nSPS) is 14.0. The number of hydrogen-bond donors (Lipinski definition) is 2. The number of carbonyl (C=O) groups is 1. The van der Waals surface area contributed by atoms with E-state index in [1.807, 2.05) is 36.4 Å². The maximum absolute atomic E-state index is 12.5. The number of aromatic nitrogens is 4. The van der Waals surface area contributed by atoms with Crippen molar-refractivity contribution in [2.45, 2.75) is 18.8 Å². The van der Waals surface area contributed by atoms with Gasteiger partial charge in [0.25, 0.3) is 5.91 Å². The molecule has 1 aliphatic carbocycles. The van der Waals surface area contributed by atoms with Gasteiger partial charge in [0.15, 0.2) is 0 Å². The molecule has 6 heteroatoms. The van der Waals surface area contributed by atoms with Crippen molar-refractivity contribution >= 4 is 11.9 Å². The van der Waals surface area contributed by atoms with Crippen LogP contribution in [0.2, 0.25) is 0 Å². The summed E-state index contributed by atoms with van der Waals surface area (Å²) < 4.78 is 1.70. The lowest BCUT2D eigenvalue weighted by atomic mass is 10.2. The molecule has 4 rings (SSSR count). The number of nitrogens with zero attached hydrogens (tertiary/aromatic N) is 3. The summed E-state index contributed by atoms with van der Waals surface area (Å²) in [6.07, 6.45) is 5.55. The second kappa shape index (κ2) is 5.14. The zero-order valence-corrected chi connectivity index (χ0v) is 11.9. The number of para-hydroxylation sites is 1. The van der Waals surface area contributed by atoms with Gasteiger partial charge in [-0.25, -0.2) is 9.67 Å². The second-order valence-corrected chi connectivity index (χ2v) is 5.37. The Kier molecular flexibility index (Phi) is 3.00. The highest BCUT2D eigenvalue weighted by Gasteiger charge is 2.29. The van der Waals surface area contributed by atoms with E-state index in [1.165, 1.54) is 0 Å². The Hall–Kier alpha value is -2.89. The Balaban J connectivity index is 1.72. The summed E-state index contributed by atoms with van der Waals surface area (Å²) in [5, 5.41) is 7.37. The summed E-state index contributed by atoms with van der Waals surface area (Å²) in [5.74, 6) is 0.692. The highest BCUT2D eigenvalue weighted by atomic mass is 16.2. The van der Waals surface area contributed by atoms with Gasteiger partial charge in [-0.15, -0.1) is 0 Å². The summed E-state index contributed by atoms with van der Waals surface area (Å²) >= 11 is 0. The van der Waals surface area contributed by atoms with Crippen LogP contribution in [0, 0.1) is 0 Å². The number of rotatable bonds is 4. The van der Waals surface area contributed by atoms with Gasteiger partial charge in [0.1, 0.15) is 5.69 Å². The molecule has 0 unspecified atom stereocenters. The largest absolute Gasteiger partial charge is 0.331 e. The molecule has 1 amide bonds. The SMILES string of the molecule is O=C(Nc1ncc[nH]1)c1cc(C2CC2)nn1-c1ccccc1. The fraction of sp³-hybridized carbons (Fsp3) is 0.188. The number of nitrogens with one attached hydrogen (secondary N) is 2. The lowest BCUT2D eigenvalue weighted by Gasteiger charge is -2.06. The molecule has 2 aromatic heterocycles. The van der Waals surface area contributed by atoms with Gasteiger partial charge in [-0.05, 0) is 31.0 Å². The predicted octanol–water partition coefficient (Wildman–Crippen LogP) is 2.73. The molecule has 3 aromatic rings. The highest BCUT2D eigenvalue weighted by molar-refractivity contribution is 6.02. The number of aromatic amines is 1. The van der Waals surface area contributed by atoms with E-state index in [0.717, 1.165) is 24.2 Å². The number of amides is 1. The highest BCUT2D eigenvalue weighted by Crippen LogP contribution is 2.39. The molecule has 1 saturated carbocycles. The van der Waals surface area contributed by atoms with Crippen LogP contribution in [-0.2, 0) is 0 Å². The molecule has 6 nitrogen and oxygen atoms in total. The summed E-state index contributed by atoms with van der Waals surface area (Å²) in [5.41, 5.74) is 2.37. The predicted molar refractivity (Wildman–Crippen MR) is 82.1 cm³/mol. The minimum absolute atomic E-state index is 0.224. The maximum Gasteiger partial charge on any atom is 0.276 e. The first kappa shape index (κ1) is 12.8. The van der Waals surface area contributed by atoms with E-state index in [4.69, 9.17) is 0 Å². The van der Waals surface area contributed by atoms with Gasteiger partial charge in [0.2, 0.25) is 5.95 Å². The van der Waals surface area contributed by atoms with Crippen molar-refractivity contribution in [3.8, 4) is 5.69 Å². The maximum atomic E-state index is 12.5. The van der Waals surface area contributed by atoms with Crippen LogP contribution in [0.15, 0.2) is 48.8 Å². The van der Waals surface area contributed by atoms with E-state index in [0.29, 0.717) is 17.6 Å². The third kappa shape index (κ3) is 2.39. The topological polar surface area (TPSA) is 75.6 Å². The van der Waals surface area contributed by atoms with Crippen LogP contribution >= 0.6 is 0 Å². The van der Waals surface area contributed by atoms with Gasteiger partial charge in [0, 0.05) is 18.3 Å². The van der Waals surface area contributed by atoms with E-state index in [1.54, 1.807) is 17.1 Å². The van der Waals surface area contributed by atoms with Crippen molar-refractivity contribution < 1.29 is 4.79 Å². The first-order valence-corrected chi connectivity index (χ1v) is 7.27. The summed E-state index contributed by atoms with van der Waals surface area (Å²) in [6.45, 7) is 0.